The first-order chi connectivity index (χ1) is 9.84. The Labute approximate surface area is 131 Å². The van der Waals surface area contributed by atoms with Crippen LogP contribution in [0.2, 0.25) is 5.02 Å². The standard InChI is InChI=1S/C18H23ClN2/c1-11-7-13(19)9-15-12(10-20-14-5-6-14)8-16(18(2,3)4)21-17(11)15/h7-9,14,20H,5-6,10H2,1-4H3. The normalized spacial score (nSPS) is 15.7. The van der Waals surface area contributed by atoms with Crippen LogP contribution in [0.5, 0.6) is 0 Å². The number of nitrogens with one attached hydrogen (secondary N) is 1. The molecule has 0 amide bonds. The molecule has 0 spiro atoms. The van der Waals surface area contributed by atoms with Gasteiger partial charge in [0.15, 0.2) is 0 Å². The number of halogens is 1. The second-order valence-corrected chi connectivity index (χ2v) is 7.63. The van der Waals surface area contributed by atoms with Crippen LogP contribution in [0.3, 0.4) is 0 Å². The summed E-state index contributed by atoms with van der Waals surface area (Å²) in [5.74, 6) is 0. The van der Waals surface area contributed by atoms with Crippen LogP contribution in [-0.2, 0) is 12.0 Å². The lowest BCUT2D eigenvalue weighted by Crippen LogP contribution is -2.18. The average Bonchev–Trinajstić information content (AvgIpc) is 3.18. The SMILES string of the molecule is Cc1cc(Cl)cc2c(CNC3CC3)cc(C(C)(C)C)nc12. The van der Waals surface area contributed by atoms with Crippen molar-refractivity contribution < 1.29 is 0 Å². The second kappa shape index (κ2) is 5.26. The summed E-state index contributed by atoms with van der Waals surface area (Å²) in [4.78, 5) is 4.90. The summed E-state index contributed by atoms with van der Waals surface area (Å²) in [6.07, 6.45) is 2.60. The van der Waals surface area contributed by atoms with Gasteiger partial charge in [-0.3, -0.25) is 4.98 Å². The number of aromatic nitrogens is 1. The largest absolute Gasteiger partial charge is 0.310 e. The Bertz CT molecular complexity index is 682. The lowest BCUT2D eigenvalue weighted by Gasteiger charge is -2.21. The maximum Gasteiger partial charge on any atom is 0.0738 e. The van der Waals surface area contributed by atoms with E-state index in [1.165, 1.54) is 23.8 Å². The van der Waals surface area contributed by atoms with Gasteiger partial charge in [-0.1, -0.05) is 32.4 Å². The second-order valence-electron chi connectivity index (χ2n) is 7.19. The fourth-order valence-corrected chi connectivity index (χ4v) is 2.87. The van der Waals surface area contributed by atoms with E-state index in [9.17, 15) is 0 Å². The average molecular weight is 303 g/mol. The van der Waals surface area contributed by atoms with Crippen LogP contribution in [0.1, 0.15) is 50.4 Å². The van der Waals surface area contributed by atoms with Gasteiger partial charge in [0.25, 0.3) is 0 Å². The number of hydrogen-bond acceptors (Lipinski definition) is 2. The first kappa shape index (κ1) is 14.8. The molecule has 2 nitrogen and oxygen atoms in total. The molecule has 0 aliphatic heterocycles. The smallest absolute Gasteiger partial charge is 0.0738 e. The van der Waals surface area contributed by atoms with E-state index >= 15 is 0 Å². The van der Waals surface area contributed by atoms with Gasteiger partial charge in [0, 0.05) is 34.1 Å². The summed E-state index contributed by atoms with van der Waals surface area (Å²) in [5.41, 5.74) is 4.74. The summed E-state index contributed by atoms with van der Waals surface area (Å²) >= 11 is 6.25. The maximum absolute atomic E-state index is 6.25. The molecule has 1 N–H and O–H groups in total. The predicted molar refractivity (Wildman–Crippen MR) is 90.1 cm³/mol. The first-order valence-corrected chi connectivity index (χ1v) is 8.06. The van der Waals surface area contributed by atoms with Crippen molar-refractivity contribution in [1.82, 2.24) is 10.3 Å². The van der Waals surface area contributed by atoms with Crippen molar-refractivity contribution in [2.24, 2.45) is 0 Å². The Morgan fingerprint density at radius 1 is 1.24 bits per heavy atom. The number of hydrogen-bond donors (Lipinski definition) is 1. The van der Waals surface area contributed by atoms with Crippen molar-refractivity contribution in [3.8, 4) is 0 Å². The van der Waals surface area contributed by atoms with E-state index in [2.05, 4.69) is 39.1 Å². The Morgan fingerprint density at radius 2 is 1.95 bits per heavy atom. The third kappa shape index (κ3) is 3.22. The van der Waals surface area contributed by atoms with E-state index in [1.54, 1.807) is 0 Å². The summed E-state index contributed by atoms with van der Waals surface area (Å²) < 4.78 is 0. The zero-order chi connectivity index (χ0) is 15.2. The molecule has 0 bridgehead atoms. The Hall–Kier alpha value is -1.12. The van der Waals surface area contributed by atoms with Gasteiger partial charge in [-0.15, -0.1) is 0 Å². The molecule has 1 aromatic carbocycles. The summed E-state index contributed by atoms with van der Waals surface area (Å²) in [7, 11) is 0. The third-order valence-corrected chi connectivity index (χ3v) is 4.30. The number of pyridine rings is 1. The molecule has 112 valence electrons. The number of rotatable bonds is 3. The number of benzene rings is 1. The van der Waals surface area contributed by atoms with Gasteiger partial charge in [-0.2, -0.15) is 0 Å². The molecule has 0 radical (unpaired) electrons. The van der Waals surface area contributed by atoms with Crippen LogP contribution in [-0.4, -0.2) is 11.0 Å². The maximum atomic E-state index is 6.25. The summed E-state index contributed by atoms with van der Waals surface area (Å²) in [6.45, 7) is 9.62. The molecule has 0 unspecified atom stereocenters. The molecule has 3 rings (SSSR count). The number of aryl methyl sites for hydroxylation is 1. The van der Waals surface area contributed by atoms with Crippen LogP contribution in [0.15, 0.2) is 18.2 Å². The van der Waals surface area contributed by atoms with Crippen LogP contribution in [0.4, 0.5) is 0 Å². The van der Waals surface area contributed by atoms with Gasteiger partial charge >= 0.3 is 0 Å². The molecule has 1 heterocycles. The highest BCUT2D eigenvalue weighted by atomic mass is 35.5. The Kier molecular flexibility index (Phi) is 3.71. The lowest BCUT2D eigenvalue weighted by molar-refractivity contribution is 0.569. The first-order valence-electron chi connectivity index (χ1n) is 7.68. The molecule has 3 heteroatoms. The molecule has 21 heavy (non-hydrogen) atoms. The summed E-state index contributed by atoms with van der Waals surface area (Å²) in [6, 6.07) is 6.99. The molecule has 0 atom stereocenters. The van der Waals surface area contributed by atoms with Gasteiger partial charge in [0.05, 0.1) is 5.52 Å². The highest BCUT2D eigenvalue weighted by Crippen LogP contribution is 2.30. The van der Waals surface area contributed by atoms with Crippen molar-refractivity contribution in [3.05, 3.63) is 40.0 Å². The molecule has 2 aromatic rings. The molecule has 1 aromatic heterocycles. The van der Waals surface area contributed by atoms with Crippen molar-refractivity contribution in [2.75, 3.05) is 0 Å². The van der Waals surface area contributed by atoms with Gasteiger partial charge < -0.3 is 5.32 Å². The number of nitrogens with zero attached hydrogens (tertiary/aromatic N) is 1. The number of fused-ring (bicyclic) bond motifs is 1. The molecular formula is C18H23ClN2. The zero-order valence-electron chi connectivity index (χ0n) is 13.3. The van der Waals surface area contributed by atoms with Gasteiger partial charge in [-0.05, 0) is 49.1 Å². The molecule has 1 saturated carbocycles. The highest BCUT2D eigenvalue weighted by Gasteiger charge is 2.22. The van der Waals surface area contributed by atoms with Crippen molar-refractivity contribution in [1.29, 1.82) is 0 Å². The lowest BCUT2D eigenvalue weighted by atomic mass is 9.89. The Morgan fingerprint density at radius 3 is 2.57 bits per heavy atom. The van der Waals surface area contributed by atoms with Gasteiger partial charge in [0.1, 0.15) is 0 Å². The van der Waals surface area contributed by atoms with Crippen molar-refractivity contribution in [2.45, 2.75) is 58.5 Å². The molecule has 0 saturated heterocycles. The zero-order valence-corrected chi connectivity index (χ0v) is 14.0. The fraction of sp³-hybridized carbons (Fsp3) is 0.500. The van der Waals surface area contributed by atoms with Crippen molar-refractivity contribution >= 4 is 22.5 Å². The fourth-order valence-electron chi connectivity index (χ4n) is 2.60. The van der Waals surface area contributed by atoms with E-state index in [0.29, 0.717) is 6.04 Å². The molecule has 1 aliphatic rings. The van der Waals surface area contributed by atoms with Crippen LogP contribution >= 0.6 is 11.6 Å². The quantitative estimate of drug-likeness (QED) is 0.885. The van der Waals surface area contributed by atoms with E-state index in [0.717, 1.165) is 28.3 Å². The topological polar surface area (TPSA) is 24.9 Å². The van der Waals surface area contributed by atoms with Crippen LogP contribution < -0.4 is 5.32 Å². The van der Waals surface area contributed by atoms with Crippen LogP contribution in [0.25, 0.3) is 10.9 Å². The minimum atomic E-state index is 0.0502. The molecule has 1 aliphatic carbocycles. The monoisotopic (exact) mass is 302 g/mol. The molecular weight excluding hydrogens is 280 g/mol. The molecule has 1 fully saturated rings. The van der Waals surface area contributed by atoms with E-state index in [-0.39, 0.29) is 5.41 Å². The Balaban J connectivity index is 2.14. The van der Waals surface area contributed by atoms with Crippen molar-refractivity contribution in [3.63, 3.8) is 0 Å². The van der Waals surface area contributed by atoms with E-state index in [1.807, 2.05) is 12.1 Å². The van der Waals surface area contributed by atoms with E-state index in [4.69, 9.17) is 16.6 Å². The summed E-state index contributed by atoms with van der Waals surface area (Å²) in [5, 5.41) is 5.58. The van der Waals surface area contributed by atoms with Gasteiger partial charge in [-0.25, -0.2) is 0 Å². The minimum absolute atomic E-state index is 0.0502. The third-order valence-electron chi connectivity index (χ3n) is 4.08. The highest BCUT2D eigenvalue weighted by molar-refractivity contribution is 6.31. The van der Waals surface area contributed by atoms with E-state index < -0.39 is 0 Å². The minimum Gasteiger partial charge on any atom is -0.310 e. The van der Waals surface area contributed by atoms with Crippen LogP contribution in [0, 0.1) is 6.92 Å². The van der Waals surface area contributed by atoms with Gasteiger partial charge in [0.2, 0.25) is 0 Å². The predicted octanol–water partition coefficient (Wildman–Crippen LogP) is 4.75.